The third-order valence-corrected chi connectivity index (χ3v) is 5.22. The predicted molar refractivity (Wildman–Crippen MR) is 89.9 cm³/mol. The molecule has 0 unspecified atom stereocenters. The fourth-order valence-corrected chi connectivity index (χ4v) is 3.84. The van der Waals surface area contributed by atoms with Gasteiger partial charge in [-0.25, -0.2) is 17.9 Å². The van der Waals surface area contributed by atoms with E-state index in [1.165, 1.54) is 33.9 Å². The Labute approximate surface area is 138 Å². The molecule has 0 aliphatic carbocycles. The van der Waals surface area contributed by atoms with Crippen molar-refractivity contribution in [3.8, 4) is 0 Å². The number of rotatable bonds is 4. The monoisotopic (exact) mass is 342 g/mol. The van der Waals surface area contributed by atoms with E-state index < -0.39 is 15.9 Å². The first kappa shape index (κ1) is 16.0. The molecule has 7 heteroatoms. The first-order valence-electron chi connectivity index (χ1n) is 7.07. The first-order valence-corrected chi connectivity index (χ1v) is 8.51. The molecule has 1 heterocycles. The summed E-state index contributed by atoms with van der Waals surface area (Å²) in [6, 6.07) is 15.1. The molecule has 0 fully saturated rings. The molecule has 3 aromatic rings. The van der Waals surface area contributed by atoms with Gasteiger partial charge < -0.3 is 0 Å². The molecule has 0 bridgehead atoms. The highest BCUT2D eigenvalue weighted by atomic mass is 32.2. The number of aromatic nitrogens is 1. The van der Waals surface area contributed by atoms with Crippen molar-refractivity contribution in [2.24, 2.45) is 0 Å². The average Bonchev–Trinajstić information content (AvgIpc) is 3.06. The fraction of sp³-hybridized carbons (Fsp3) is 0. The minimum Gasteiger partial charge on any atom is -0.288 e. The Kier molecular flexibility index (Phi) is 4.20. The van der Waals surface area contributed by atoms with Crippen LogP contribution in [0, 0.1) is 0 Å². The van der Waals surface area contributed by atoms with Gasteiger partial charge in [0.25, 0.3) is 15.9 Å². The number of fused-ring (bicyclic) bond motifs is 1. The minimum atomic E-state index is -3.76. The number of carbonyl (C=O) groups is 1. The van der Waals surface area contributed by atoms with Crippen molar-refractivity contribution in [3.63, 3.8) is 0 Å². The molecular formula is C17H14N2O4S. The topological polar surface area (TPSA) is 88.4 Å². The Bertz CT molecular complexity index is 1020. The molecule has 24 heavy (non-hydrogen) atoms. The van der Waals surface area contributed by atoms with Crippen LogP contribution in [0.2, 0.25) is 0 Å². The maximum absolute atomic E-state index is 12.9. The molecule has 1 amide bonds. The highest BCUT2D eigenvalue weighted by Gasteiger charge is 2.19. The molecule has 6 nitrogen and oxygen atoms in total. The van der Waals surface area contributed by atoms with Gasteiger partial charge in [-0.15, -0.1) is 0 Å². The van der Waals surface area contributed by atoms with Crippen molar-refractivity contribution in [2.45, 2.75) is 4.90 Å². The maximum atomic E-state index is 12.9. The summed E-state index contributed by atoms with van der Waals surface area (Å²) >= 11 is 0. The smallest absolute Gasteiger partial charge is 0.268 e. The van der Waals surface area contributed by atoms with E-state index in [1.54, 1.807) is 42.5 Å². The van der Waals surface area contributed by atoms with Crippen LogP contribution in [0.1, 0.15) is 5.56 Å². The van der Waals surface area contributed by atoms with Crippen molar-refractivity contribution < 1.29 is 18.4 Å². The zero-order chi connectivity index (χ0) is 17.2. The summed E-state index contributed by atoms with van der Waals surface area (Å²) in [6.07, 6.45) is 4.06. The number of amides is 1. The highest BCUT2D eigenvalue weighted by molar-refractivity contribution is 7.90. The molecule has 0 radical (unpaired) electrons. The van der Waals surface area contributed by atoms with Crippen molar-refractivity contribution in [1.29, 1.82) is 0 Å². The van der Waals surface area contributed by atoms with Crippen LogP contribution in [0.5, 0.6) is 0 Å². The highest BCUT2D eigenvalue weighted by Crippen LogP contribution is 2.26. The molecule has 0 saturated carbocycles. The minimum absolute atomic E-state index is 0.175. The quantitative estimate of drug-likeness (QED) is 0.433. The van der Waals surface area contributed by atoms with Crippen LogP contribution in [0.25, 0.3) is 17.0 Å². The van der Waals surface area contributed by atoms with Gasteiger partial charge in [-0.05, 0) is 24.3 Å². The average molecular weight is 342 g/mol. The lowest BCUT2D eigenvalue weighted by Crippen LogP contribution is -2.15. The molecule has 0 saturated heterocycles. The third kappa shape index (κ3) is 2.82. The standard InChI is InChI=1S/C17H14N2O4S/c20-16(18-21)10-9-13-5-4-6-14-11-12-19(17(13)14)24(22,23)15-7-2-1-3-8-15/h1-12,21H,(H,18,20). The molecule has 3 rings (SSSR count). The second-order valence-corrected chi connectivity index (χ2v) is 6.84. The summed E-state index contributed by atoms with van der Waals surface area (Å²) in [7, 11) is -3.76. The molecule has 0 aliphatic heterocycles. The second-order valence-electron chi connectivity index (χ2n) is 5.02. The Balaban J connectivity index is 2.20. The second kappa shape index (κ2) is 6.31. The number of para-hydroxylation sites is 1. The fourth-order valence-electron chi connectivity index (χ4n) is 2.44. The SMILES string of the molecule is O=C(C=Cc1cccc2ccn(S(=O)(=O)c3ccccc3)c12)NO. The number of carbonyl (C=O) groups excluding carboxylic acids is 1. The van der Waals surface area contributed by atoms with Gasteiger partial charge >= 0.3 is 0 Å². The van der Waals surface area contributed by atoms with Crippen molar-refractivity contribution in [3.05, 3.63) is 72.4 Å². The van der Waals surface area contributed by atoms with Crippen LogP contribution < -0.4 is 5.48 Å². The van der Waals surface area contributed by atoms with Crippen molar-refractivity contribution in [1.82, 2.24) is 9.45 Å². The van der Waals surface area contributed by atoms with Crippen LogP contribution in [-0.4, -0.2) is 23.5 Å². The lowest BCUT2D eigenvalue weighted by molar-refractivity contribution is -0.124. The van der Waals surface area contributed by atoms with Gasteiger partial charge in [0.15, 0.2) is 0 Å². The van der Waals surface area contributed by atoms with E-state index in [4.69, 9.17) is 5.21 Å². The summed E-state index contributed by atoms with van der Waals surface area (Å²) in [5.74, 6) is -0.698. The molecule has 0 spiro atoms. The largest absolute Gasteiger partial charge is 0.288 e. The number of hydrogen-bond acceptors (Lipinski definition) is 4. The number of nitrogens with one attached hydrogen (secondary N) is 1. The van der Waals surface area contributed by atoms with Crippen LogP contribution in [0.3, 0.4) is 0 Å². The lowest BCUT2D eigenvalue weighted by atomic mass is 10.1. The van der Waals surface area contributed by atoms with Gasteiger partial charge in [0.1, 0.15) is 0 Å². The Hall–Kier alpha value is -2.90. The van der Waals surface area contributed by atoms with E-state index in [0.29, 0.717) is 11.1 Å². The molecule has 122 valence electrons. The molecule has 0 aliphatic rings. The zero-order valence-electron chi connectivity index (χ0n) is 12.5. The van der Waals surface area contributed by atoms with Gasteiger partial charge in [-0.2, -0.15) is 0 Å². The number of hydrogen-bond donors (Lipinski definition) is 2. The van der Waals surface area contributed by atoms with Gasteiger partial charge in [0.2, 0.25) is 0 Å². The summed E-state index contributed by atoms with van der Waals surface area (Å²) in [5, 5.41) is 9.29. The lowest BCUT2D eigenvalue weighted by Gasteiger charge is -2.09. The van der Waals surface area contributed by atoms with E-state index in [0.717, 1.165) is 11.5 Å². The Morgan fingerprint density at radius 2 is 1.79 bits per heavy atom. The summed E-state index contributed by atoms with van der Waals surface area (Å²) in [4.78, 5) is 11.4. The molecular weight excluding hydrogens is 328 g/mol. The summed E-state index contributed by atoms with van der Waals surface area (Å²) in [5.41, 5.74) is 2.50. The van der Waals surface area contributed by atoms with E-state index in [9.17, 15) is 13.2 Å². The first-order chi connectivity index (χ1) is 11.5. The van der Waals surface area contributed by atoms with Crippen molar-refractivity contribution >= 4 is 32.9 Å². The molecule has 2 aromatic carbocycles. The van der Waals surface area contributed by atoms with Crippen molar-refractivity contribution in [2.75, 3.05) is 0 Å². The van der Waals surface area contributed by atoms with Gasteiger partial charge in [0.05, 0.1) is 10.4 Å². The zero-order valence-corrected chi connectivity index (χ0v) is 13.3. The molecule has 2 N–H and O–H groups in total. The van der Waals surface area contributed by atoms with E-state index in [1.807, 2.05) is 0 Å². The number of hydroxylamine groups is 1. The van der Waals surface area contributed by atoms with E-state index >= 15 is 0 Å². The summed E-state index contributed by atoms with van der Waals surface area (Å²) in [6.45, 7) is 0. The normalized spacial score (nSPS) is 11.9. The van der Waals surface area contributed by atoms with Crippen LogP contribution >= 0.6 is 0 Å². The van der Waals surface area contributed by atoms with Gasteiger partial charge in [-0.1, -0.05) is 36.4 Å². The third-order valence-electron chi connectivity index (χ3n) is 3.53. The Morgan fingerprint density at radius 3 is 2.50 bits per heavy atom. The van der Waals surface area contributed by atoms with E-state index in [-0.39, 0.29) is 4.90 Å². The maximum Gasteiger partial charge on any atom is 0.268 e. The van der Waals surface area contributed by atoms with Gasteiger partial charge in [0, 0.05) is 23.2 Å². The molecule has 0 atom stereocenters. The Morgan fingerprint density at radius 1 is 1.04 bits per heavy atom. The summed E-state index contributed by atoms with van der Waals surface area (Å²) < 4.78 is 26.9. The van der Waals surface area contributed by atoms with E-state index in [2.05, 4.69) is 0 Å². The van der Waals surface area contributed by atoms with Crippen LogP contribution in [0.4, 0.5) is 0 Å². The number of nitrogens with zero attached hydrogens (tertiary/aromatic N) is 1. The molecule has 1 aromatic heterocycles. The van der Waals surface area contributed by atoms with Gasteiger partial charge in [-0.3, -0.25) is 10.0 Å². The predicted octanol–water partition coefficient (Wildman–Crippen LogP) is 2.40. The number of benzene rings is 2. The van der Waals surface area contributed by atoms with Crippen LogP contribution in [0.15, 0.2) is 71.8 Å². The van der Waals surface area contributed by atoms with Crippen LogP contribution in [-0.2, 0) is 14.8 Å².